The van der Waals surface area contributed by atoms with Gasteiger partial charge in [0.15, 0.2) is 0 Å². The number of aromatic nitrogens is 1. The smallest absolute Gasteiger partial charge is 0.225 e. The summed E-state index contributed by atoms with van der Waals surface area (Å²) in [5, 5.41) is 6.36. The first-order chi connectivity index (χ1) is 10.7. The number of carbonyl (C=O) groups is 1. The molecule has 22 heavy (non-hydrogen) atoms. The second-order valence-electron chi connectivity index (χ2n) is 6.88. The van der Waals surface area contributed by atoms with E-state index in [4.69, 9.17) is 4.74 Å². The lowest BCUT2D eigenvalue weighted by Gasteiger charge is -2.18. The number of aryl methyl sites for hydroxylation is 1. The van der Waals surface area contributed by atoms with Crippen LogP contribution >= 0.6 is 11.3 Å². The van der Waals surface area contributed by atoms with Gasteiger partial charge in [0.05, 0.1) is 29.3 Å². The van der Waals surface area contributed by atoms with Crippen molar-refractivity contribution in [3.05, 3.63) is 16.1 Å². The Bertz CT molecular complexity index is 557. The molecule has 1 aliphatic carbocycles. The summed E-state index contributed by atoms with van der Waals surface area (Å²) < 4.78 is 5.89. The molecule has 3 heterocycles. The molecular formula is C16H23N3O2S. The zero-order valence-corrected chi connectivity index (χ0v) is 13.8. The molecule has 1 aromatic rings. The minimum absolute atomic E-state index is 0.0333. The molecule has 120 valence electrons. The molecule has 2 saturated heterocycles. The lowest BCUT2D eigenvalue weighted by molar-refractivity contribution is -0.126. The Morgan fingerprint density at radius 1 is 1.50 bits per heavy atom. The monoisotopic (exact) mass is 321 g/mol. The molecule has 3 fully saturated rings. The van der Waals surface area contributed by atoms with Crippen LogP contribution in [0.3, 0.4) is 0 Å². The van der Waals surface area contributed by atoms with Crippen LogP contribution in [-0.4, -0.2) is 48.1 Å². The zero-order chi connectivity index (χ0) is 15.1. The lowest BCUT2D eigenvalue weighted by atomic mass is 9.92. The van der Waals surface area contributed by atoms with Crippen LogP contribution in [0.1, 0.15) is 23.5 Å². The van der Waals surface area contributed by atoms with Crippen molar-refractivity contribution >= 4 is 17.2 Å². The van der Waals surface area contributed by atoms with E-state index in [0.29, 0.717) is 12.5 Å². The van der Waals surface area contributed by atoms with Crippen molar-refractivity contribution < 1.29 is 9.53 Å². The fraction of sp³-hybridized carbons (Fsp3) is 0.750. The number of likely N-dealkylation sites (tertiary alicyclic amines) is 1. The van der Waals surface area contributed by atoms with Crippen LogP contribution < -0.4 is 5.32 Å². The molecule has 0 spiro atoms. The quantitative estimate of drug-likeness (QED) is 0.891. The molecule has 0 bridgehead atoms. The van der Waals surface area contributed by atoms with Gasteiger partial charge in [0.2, 0.25) is 5.91 Å². The molecule has 6 heteroatoms. The third-order valence-electron chi connectivity index (χ3n) is 5.04. The van der Waals surface area contributed by atoms with Crippen LogP contribution in [0.25, 0.3) is 0 Å². The number of hydrogen-bond acceptors (Lipinski definition) is 5. The molecule has 3 atom stereocenters. The number of rotatable bonds is 5. The van der Waals surface area contributed by atoms with Gasteiger partial charge in [0.25, 0.3) is 0 Å². The Hall–Kier alpha value is -0.980. The number of nitrogens with one attached hydrogen (secondary N) is 1. The first kappa shape index (κ1) is 14.6. The van der Waals surface area contributed by atoms with Crippen LogP contribution in [-0.2, 0) is 16.1 Å². The van der Waals surface area contributed by atoms with E-state index < -0.39 is 0 Å². The number of hydrogen-bond donors (Lipinski definition) is 1. The molecule has 0 radical (unpaired) electrons. The van der Waals surface area contributed by atoms with Gasteiger partial charge in [0.1, 0.15) is 0 Å². The maximum Gasteiger partial charge on any atom is 0.225 e. The van der Waals surface area contributed by atoms with E-state index in [0.717, 1.165) is 42.8 Å². The Kier molecular flexibility index (Phi) is 3.92. The van der Waals surface area contributed by atoms with E-state index in [2.05, 4.69) is 20.6 Å². The molecule has 1 saturated carbocycles. The normalized spacial score (nSPS) is 31.4. The van der Waals surface area contributed by atoms with Crippen molar-refractivity contribution in [3.8, 4) is 0 Å². The standard InChI is InChI=1S/C16H23N3O2S/c1-10-18-12(9-22-10)5-19-6-13-14(8-21-15(13)7-19)16(20)17-4-11-2-3-11/h9,11,13-15H,2-8H2,1H3,(H,17,20)/t13-,14-,15-/m1/s1. The summed E-state index contributed by atoms with van der Waals surface area (Å²) in [5.74, 6) is 1.31. The molecule has 0 unspecified atom stereocenters. The lowest BCUT2D eigenvalue weighted by Crippen LogP contribution is -2.37. The Morgan fingerprint density at radius 2 is 2.36 bits per heavy atom. The number of nitrogens with zero attached hydrogens (tertiary/aromatic N) is 2. The predicted octanol–water partition coefficient (Wildman–Crippen LogP) is 1.42. The van der Waals surface area contributed by atoms with Crippen LogP contribution in [0, 0.1) is 24.7 Å². The molecule has 4 rings (SSSR count). The molecule has 1 amide bonds. The van der Waals surface area contributed by atoms with Gasteiger partial charge >= 0.3 is 0 Å². The summed E-state index contributed by atoms with van der Waals surface area (Å²) in [4.78, 5) is 19.3. The fourth-order valence-electron chi connectivity index (χ4n) is 3.60. The number of amides is 1. The van der Waals surface area contributed by atoms with Crippen LogP contribution in [0.2, 0.25) is 0 Å². The Morgan fingerprint density at radius 3 is 3.09 bits per heavy atom. The third kappa shape index (κ3) is 3.05. The molecular weight excluding hydrogens is 298 g/mol. The largest absolute Gasteiger partial charge is 0.376 e. The highest BCUT2D eigenvalue weighted by Crippen LogP contribution is 2.35. The molecule has 5 nitrogen and oxygen atoms in total. The van der Waals surface area contributed by atoms with Crippen LogP contribution in [0.4, 0.5) is 0 Å². The van der Waals surface area contributed by atoms with E-state index in [-0.39, 0.29) is 17.9 Å². The van der Waals surface area contributed by atoms with E-state index in [1.54, 1.807) is 11.3 Å². The first-order valence-electron chi connectivity index (χ1n) is 8.21. The second kappa shape index (κ2) is 5.91. The van der Waals surface area contributed by atoms with Crippen LogP contribution in [0.15, 0.2) is 5.38 Å². The topological polar surface area (TPSA) is 54.5 Å². The summed E-state index contributed by atoms with van der Waals surface area (Å²) in [6, 6.07) is 0. The van der Waals surface area contributed by atoms with Crippen molar-refractivity contribution in [2.45, 2.75) is 32.4 Å². The van der Waals surface area contributed by atoms with Gasteiger partial charge in [-0.1, -0.05) is 0 Å². The van der Waals surface area contributed by atoms with Crippen molar-refractivity contribution in [3.63, 3.8) is 0 Å². The van der Waals surface area contributed by atoms with Gasteiger partial charge < -0.3 is 10.1 Å². The van der Waals surface area contributed by atoms with E-state index >= 15 is 0 Å². The van der Waals surface area contributed by atoms with Crippen LogP contribution in [0.5, 0.6) is 0 Å². The van der Waals surface area contributed by atoms with Gasteiger partial charge in [-0.2, -0.15) is 0 Å². The Labute approximate surface area is 135 Å². The number of ether oxygens (including phenoxy) is 1. The maximum atomic E-state index is 12.4. The molecule has 0 aromatic carbocycles. The molecule has 1 N–H and O–H groups in total. The van der Waals surface area contributed by atoms with Gasteiger partial charge in [-0.15, -0.1) is 11.3 Å². The minimum atomic E-state index is 0.0333. The summed E-state index contributed by atoms with van der Waals surface area (Å²) in [5.41, 5.74) is 1.14. The molecule has 3 aliphatic rings. The highest BCUT2D eigenvalue weighted by molar-refractivity contribution is 7.09. The van der Waals surface area contributed by atoms with Crippen molar-refractivity contribution in [1.29, 1.82) is 0 Å². The van der Waals surface area contributed by atoms with Crippen molar-refractivity contribution in [1.82, 2.24) is 15.2 Å². The highest BCUT2D eigenvalue weighted by atomic mass is 32.1. The van der Waals surface area contributed by atoms with Gasteiger partial charge in [-0.3, -0.25) is 9.69 Å². The van der Waals surface area contributed by atoms with Gasteiger partial charge in [-0.05, 0) is 25.7 Å². The highest BCUT2D eigenvalue weighted by Gasteiger charge is 2.46. The van der Waals surface area contributed by atoms with Gasteiger partial charge in [-0.25, -0.2) is 4.98 Å². The maximum absolute atomic E-state index is 12.4. The summed E-state index contributed by atoms with van der Waals surface area (Å²) in [6.07, 6.45) is 2.76. The minimum Gasteiger partial charge on any atom is -0.376 e. The summed E-state index contributed by atoms with van der Waals surface area (Å²) in [7, 11) is 0. The Balaban J connectivity index is 1.33. The predicted molar refractivity (Wildman–Crippen MR) is 84.6 cm³/mol. The average molecular weight is 321 g/mol. The average Bonchev–Trinajstić information content (AvgIpc) is 2.91. The molecule has 2 aliphatic heterocycles. The number of carbonyl (C=O) groups excluding carboxylic acids is 1. The molecule has 1 aromatic heterocycles. The fourth-order valence-corrected chi connectivity index (χ4v) is 4.20. The second-order valence-corrected chi connectivity index (χ2v) is 7.94. The van der Waals surface area contributed by atoms with Gasteiger partial charge in [0, 0.05) is 37.5 Å². The third-order valence-corrected chi connectivity index (χ3v) is 5.86. The number of thiazole rings is 1. The van der Waals surface area contributed by atoms with Crippen molar-refractivity contribution in [2.24, 2.45) is 17.8 Å². The first-order valence-corrected chi connectivity index (χ1v) is 9.09. The summed E-state index contributed by atoms with van der Waals surface area (Å²) >= 11 is 1.70. The zero-order valence-electron chi connectivity index (χ0n) is 13.0. The summed E-state index contributed by atoms with van der Waals surface area (Å²) in [6.45, 7) is 6.23. The van der Waals surface area contributed by atoms with Crippen molar-refractivity contribution in [2.75, 3.05) is 26.2 Å². The SMILES string of the molecule is Cc1nc(CN2C[C@H]3[C@@H](C2)OC[C@H]3C(=O)NCC2CC2)cs1. The van der Waals surface area contributed by atoms with E-state index in [9.17, 15) is 4.79 Å². The number of fused-ring (bicyclic) bond motifs is 1. The van der Waals surface area contributed by atoms with E-state index in [1.165, 1.54) is 12.8 Å². The van der Waals surface area contributed by atoms with E-state index in [1.807, 2.05) is 6.92 Å².